The minimum absolute atomic E-state index is 0.365. The standard InChI is InChI=1S/C10H21NO2S/c1-14-7-3-2-5-11-8-10-4-6-12-9-13-10/h10-11H,2-9H2,1H3. The van der Waals surface area contributed by atoms with Crippen LogP contribution < -0.4 is 5.32 Å². The minimum atomic E-state index is 0.365. The Bertz CT molecular complexity index is 129. The van der Waals surface area contributed by atoms with Crippen molar-refractivity contribution in [3.8, 4) is 0 Å². The SMILES string of the molecule is CSCCCCNCC1CCOCO1. The topological polar surface area (TPSA) is 30.5 Å². The van der Waals surface area contributed by atoms with Crippen LogP contribution in [0.15, 0.2) is 0 Å². The Morgan fingerprint density at radius 3 is 3.07 bits per heavy atom. The van der Waals surface area contributed by atoms with Crippen molar-refractivity contribution in [2.75, 3.05) is 38.5 Å². The van der Waals surface area contributed by atoms with E-state index in [4.69, 9.17) is 9.47 Å². The van der Waals surface area contributed by atoms with Crippen molar-refractivity contribution >= 4 is 11.8 Å². The summed E-state index contributed by atoms with van der Waals surface area (Å²) >= 11 is 1.92. The van der Waals surface area contributed by atoms with Gasteiger partial charge >= 0.3 is 0 Å². The van der Waals surface area contributed by atoms with Gasteiger partial charge in [-0.1, -0.05) is 0 Å². The van der Waals surface area contributed by atoms with Crippen molar-refractivity contribution in [1.29, 1.82) is 0 Å². The third-order valence-corrected chi connectivity index (χ3v) is 2.99. The quantitative estimate of drug-likeness (QED) is 0.657. The molecule has 84 valence electrons. The highest BCUT2D eigenvalue weighted by Gasteiger charge is 2.12. The summed E-state index contributed by atoms with van der Waals surface area (Å²) in [5, 5.41) is 3.42. The van der Waals surface area contributed by atoms with Gasteiger partial charge in [-0.3, -0.25) is 0 Å². The first-order valence-electron chi connectivity index (χ1n) is 5.32. The van der Waals surface area contributed by atoms with Gasteiger partial charge in [-0.25, -0.2) is 0 Å². The number of rotatable bonds is 7. The van der Waals surface area contributed by atoms with Crippen LogP contribution in [0.1, 0.15) is 19.3 Å². The molecule has 1 aliphatic rings. The predicted molar refractivity (Wildman–Crippen MR) is 60.8 cm³/mol. The van der Waals surface area contributed by atoms with Crippen LogP contribution in [0, 0.1) is 0 Å². The number of hydrogen-bond acceptors (Lipinski definition) is 4. The molecule has 0 amide bonds. The van der Waals surface area contributed by atoms with Gasteiger partial charge in [-0.05, 0) is 37.8 Å². The molecular weight excluding hydrogens is 198 g/mol. The Hall–Kier alpha value is 0.230. The van der Waals surface area contributed by atoms with Crippen LogP contribution in [-0.2, 0) is 9.47 Å². The summed E-state index contributed by atoms with van der Waals surface area (Å²) < 4.78 is 10.5. The van der Waals surface area contributed by atoms with E-state index in [0.717, 1.165) is 26.1 Å². The van der Waals surface area contributed by atoms with Gasteiger partial charge in [0.25, 0.3) is 0 Å². The third-order valence-electron chi connectivity index (χ3n) is 2.30. The first kappa shape index (κ1) is 12.3. The number of ether oxygens (including phenoxy) is 2. The summed E-state index contributed by atoms with van der Waals surface area (Å²) in [6, 6.07) is 0. The minimum Gasteiger partial charge on any atom is -0.355 e. The van der Waals surface area contributed by atoms with E-state index in [2.05, 4.69) is 11.6 Å². The fraction of sp³-hybridized carbons (Fsp3) is 1.00. The summed E-state index contributed by atoms with van der Waals surface area (Å²) in [6.45, 7) is 3.40. The number of thioether (sulfide) groups is 1. The van der Waals surface area contributed by atoms with Crippen LogP contribution in [0.2, 0.25) is 0 Å². The van der Waals surface area contributed by atoms with Gasteiger partial charge in [0.05, 0.1) is 12.7 Å². The van der Waals surface area contributed by atoms with Gasteiger partial charge in [-0.15, -0.1) is 0 Å². The molecule has 1 heterocycles. The number of nitrogens with one attached hydrogen (secondary N) is 1. The lowest BCUT2D eigenvalue weighted by molar-refractivity contribution is -0.137. The molecule has 3 nitrogen and oxygen atoms in total. The Morgan fingerprint density at radius 2 is 2.36 bits per heavy atom. The molecule has 0 saturated carbocycles. The van der Waals surface area contributed by atoms with Crippen LogP contribution in [-0.4, -0.2) is 44.6 Å². The van der Waals surface area contributed by atoms with E-state index >= 15 is 0 Å². The molecule has 0 spiro atoms. The fourth-order valence-corrected chi connectivity index (χ4v) is 1.91. The maximum absolute atomic E-state index is 5.42. The molecular formula is C10H21NO2S. The van der Waals surface area contributed by atoms with Crippen LogP contribution >= 0.6 is 11.8 Å². The second-order valence-corrected chi connectivity index (χ2v) is 4.49. The molecule has 1 unspecified atom stereocenters. The molecule has 1 N–H and O–H groups in total. The van der Waals surface area contributed by atoms with Gasteiger partial charge in [0, 0.05) is 6.54 Å². The molecule has 0 radical (unpaired) electrons. The lowest BCUT2D eigenvalue weighted by atomic mass is 10.2. The Balaban J connectivity index is 1.82. The molecule has 4 heteroatoms. The van der Waals surface area contributed by atoms with E-state index in [1.165, 1.54) is 18.6 Å². The monoisotopic (exact) mass is 219 g/mol. The Kier molecular flexibility index (Phi) is 7.50. The smallest absolute Gasteiger partial charge is 0.147 e. The molecule has 1 saturated heterocycles. The second-order valence-electron chi connectivity index (χ2n) is 3.51. The summed E-state index contributed by atoms with van der Waals surface area (Å²) in [5.41, 5.74) is 0. The van der Waals surface area contributed by atoms with Gasteiger partial charge in [0.1, 0.15) is 6.79 Å². The number of hydrogen-bond donors (Lipinski definition) is 1. The van der Waals surface area contributed by atoms with Crippen LogP contribution in [0.5, 0.6) is 0 Å². The van der Waals surface area contributed by atoms with Crippen LogP contribution in [0.3, 0.4) is 0 Å². The molecule has 0 aromatic heterocycles. The van der Waals surface area contributed by atoms with E-state index in [0.29, 0.717) is 12.9 Å². The highest BCUT2D eigenvalue weighted by atomic mass is 32.2. The molecule has 14 heavy (non-hydrogen) atoms. The second kappa shape index (κ2) is 8.53. The van der Waals surface area contributed by atoms with Crippen LogP contribution in [0.4, 0.5) is 0 Å². The first-order chi connectivity index (χ1) is 6.93. The molecule has 1 fully saturated rings. The lowest BCUT2D eigenvalue weighted by Gasteiger charge is -2.22. The Morgan fingerprint density at radius 1 is 1.43 bits per heavy atom. The average Bonchev–Trinajstić information content (AvgIpc) is 2.25. The molecule has 0 aromatic rings. The highest BCUT2D eigenvalue weighted by molar-refractivity contribution is 7.98. The van der Waals surface area contributed by atoms with E-state index in [9.17, 15) is 0 Å². The van der Waals surface area contributed by atoms with Crippen molar-refractivity contribution in [1.82, 2.24) is 5.32 Å². The summed E-state index contributed by atoms with van der Waals surface area (Å²) in [4.78, 5) is 0. The Labute approximate surface area is 90.9 Å². The predicted octanol–water partition coefficient (Wildman–Crippen LogP) is 1.48. The lowest BCUT2D eigenvalue weighted by Crippen LogP contribution is -2.34. The van der Waals surface area contributed by atoms with Gasteiger partial charge < -0.3 is 14.8 Å². The van der Waals surface area contributed by atoms with Crippen molar-refractivity contribution in [2.45, 2.75) is 25.4 Å². The maximum Gasteiger partial charge on any atom is 0.147 e. The summed E-state index contributed by atoms with van der Waals surface area (Å²) in [7, 11) is 0. The summed E-state index contributed by atoms with van der Waals surface area (Å²) in [6.07, 6.45) is 6.12. The summed E-state index contributed by atoms with van der Waals surface area (Å²) in [5.74, 6) is 1.27. The number of unbranched alkanes of at least 4 members (excludes halogenated alkanes) is 1. The van der Waals surface area contributed by atoms with Crippen molar-refractivity contribution in [3.63, 3.8) is 0 Å². The molecule has 0 aromatic carbocycles. The third kappa shape index (κ3) is 5.86. The molecule has 0 bridgehead atoms. The van der Waals surface area contributed by atoms with Gasteiger partial charge in [0.15, 0.2) is 0 Å². The zero-order valence-electron chi connectivity index (χ0n) is 8.96. The normalized spacial score (nSPS) is 22.5. The van der Waals surface area contributed by atoms with Crippen LogP contribution in [0.25, 0.3) is 0 Å². The first-order valence-corrected chi connectivity index (χ1v) is 6.72. The zero-order valence-corrected chi connectivity index (χ0v) is 9.78. The zero-order chi connectivity index (χ0) is 10.1. The van der Waals surface area contributed by atoms with Crippen molar-refractivity contribution in [2.24, 2.45) is 0 Å². The highest BCUT2D eigenvalue weighted by Crippen LogP contribution is 2.04. The molecule has 0 aliphatic carbocycles. The van der Waals surface area contributed by atoms with E-state index in [1.807, 2.05) is 11.8 Å². The fourth-order valence-electron chi connectivity index (χ4n) is 1.42. The molecule has 1 atom stereocenters. The van der Waals surface area contributed by atoms with Crippen molar-refractivity contribution in [3.05, 3.63) is 0 Å². The maximum atomic E-state index is 5.42. The van der Waals surface area contributed by atoms with E-state index < -0.39 is 0 Å². The van der Waals surface area contributed by atoms with E-state index in [1.54, 1.807) is 0 Å². The van der Waals surface area contributed by atoms with Gasteiger partial charge in [0.2, 0.25) is 0 Å². The van der Waals surface area contributed by atoms with E-state index in [-0.39, 0.29) is 0 Å². The van der Waals surface area contributed by atoms with Gasteiger partial charge in [-0.2, -0.15) is 11.8 Å². The van der Waals surface area contributed by atoms with Crippen molar-refractivity contribution < 1.29 is 9.47 Å². The molecule has 1 aliphatic heterocycles. The largest absolute Gasteiger partial charge is 0.355 e. The average molecular weight is 219 g/mol. The molecule has 1 rings (SSSR count).